The van der Waals surface area contributed by atoms with Crippen molar-refractivity contribution in [2.45, 2.75) is 23.5 Å². The molecule has 1 unspecified atom stereocenters. The van der Waals surface area contributed by atoms with Crippen molar-refractivity contribution in [3.63, 3.8) is 0 Å². The number of rotatable bonds is 5. The molecule has 0 fully saturated rings. The van der Waals surface area contributed by atoms with Gasteiger partial charge in [-0.3, -0.25) is 4.79 Å². The molecule has 2 N–H and O–H groups in total. The number of aromatic nitrogens is 1. The third-order valence-corrected chi connectivity index (χ3v) is 3.22. The van der Waals surface area contributed by atoms with Crippen LogP contribution in [0, 0.1) is 0 Å². The molecular formula is C10H11NO4S. The highest BCUT2D eigenvalue weighted by Gasteiger charge is 2.17. The van der Waals surface area contributed by atoms with Gasteiger partial charge in [-0.15, -0.1) is 11.8 Å². The first-order valence-electron chi connectivity index (χ1n) is 4.63. The average molecular weight is 241 g/mol. The minimum Gasteiger partial charge on any atom is -0.480 e. The number of hydrogen-bond acceptors (Lipinski definition) is 4. The van der Waals surface area contributed by atoms with E-state index >= 15 is 0 Å². The minimum atomic E-state index is -1.12. The van der Waals surface area contributed by atoms with Gasteiger partial charge in [0.2, 0.25) is 0 Å². The van der Waals surface area contributed by atoms with Crippen molar-refractivity contribution in [1.82, 2.24) is 4.98 Å². The highest BCUT2D eigenvalue weighted by Crippen LogP contribution is 2.25. The molecule has 0 aromatic carbocycles. The molecule has 0 saturated heterocycles. The second-order valence-corrected chi connectivity index (χ2v) is 4.31. The maximum Gasteiger partial charge on any atom is 0.354 e. The van der Waals surface area contributed by atoms with E-state index in [-0.39, 0.29) is 5.69 Å². The van der Waals surface area contributed by atoms with E-state index in [1.807, 2.05) is 0 Å². The van der Waals surface area contributed by atoms with Crippen molar-refractivity contribution < 1.29 is 19.8 Å². The molecule has 0 aliphatic carbocycles. The van der Waals surface area contributed by atoms with Crippen LogP contribution in [0.4, 0.5) is 0 Å². The molecule has 1 aromatic heterocycles. The second-order valence-electron chi connectivity index (χ2n) is 3.03. The molecule has 0 aliphatic heterocycles. The Labute approximate surface area is 96.5 Å². The molecule has 0 bridgehead atoms. The van der Waals surface area contributed by atoms with Crippen molar-refractivity contribution >= 4 is 23.7 Å². The first kappa shape index (κ1) is 12.5. The molecule has 0 amide bonds. The number of aliphatic carboxylic acids is 1. The fourth-order valence-corrected chi connectivity index (χ4v) is 1.99. The molecule has 6 heteroatoms. The van der Waals surface area contributed by atoms with Gasteiger partial charge in [-0.2, -0.15) is 0 Å². The molecule has 1 atom stereocenters. The fraction of sp³-hybridized carbons (Fsp3) is 0.300. The van der Waals surface area contributed by atoms with Gasteiger partial charge < -0.3 is 10.2 Å². The predicted octanol–water partition coefficient (Wildman–Crippen LogP) is 1.74. The molecule has 1 rings (SSSR count). The normalized spacial score (nSPS) is 12.1. The van der Waals surface area contributed by atoms with Gasteiger partial charge in [0.15, 0.2) is 0 Å². The van der Waals surface area contributed by atoms with E-state index in [9.17, 15) is 9.59 Å². The fourth-order valence-electron chi connectivity index (χ4n) is 1.07. The van der Waals surface area contributed by atoms with Crippen LogP contribution >= 0.6 is 11.8 Å². The topological polar surface area (TPSA) is 87.5 Å². The summed E-state index contributed by atoms with van der Waals surface area (Å²) in [6.45, 7) is 1.77. The SMILES string of the molecule is CCC(Sc1ccnc(C(=O)O)c1)C(=O)O. The van der Waals surface area contributed by atoms with E-state index in [1.54, 1.807) is 13.0 Å². The maximum absolute atomic E-state index is 10.8. The van der Waals surface area contributed by atoms with E-state index in [0.29, 0.717) is 11.3 Å². The monoisotopic (exact) mass is 241 g/mol. The highest BCUT2D eigenvalue weighted by atomic mass is 32.2. The van der Waals surface area contributed by atoms with Gasteiger partial charge in [-0.25, -0.2) is 9.78 Å². The summed E-state index contributed by atoms with van der Waals surface area (Å²) >= 11 is 1.13. The van der Waals surface area contributed by atoms with Crippen molar-refractivity contribution in [3.05, 3.63) is 24.0 Å². The zero-order valence-corrected chi connectivity index (χ0v) is 9.40. The third-order valence-electron chi connectivity index (χ3n) is 1.88. The number of thioether (sulfide) groups is 1. The Kier molecular flexibility index (Phi) is 4.30. The summed E-state index contributed by atoms with van der Waals surface area (Å²) in [5.74, 6) is -2.02. The lowest BCUT2D eigenvalue weighted by Gasteiger charge is -2.09. The summed E-state index contributed by atoms with van der Waals surface area (Å²) in [7, 11) is 0. The van der Waals surface area contributed by atoms with Gasteiger partial charge in [-0.05, 0) is 18.6 Å². The largest absolute Gasteiger partial charge is 0.480 e. The Bertz CT molecular complexity index is 408. The molecule has 0 spiro atoms. The molecule has 0 saturated carbocycles. The molecule has 1 heterocycles. The van der Waals surface area contributed by atoms with Crippen LogP contribution in [0.5, 0.6) is 0 Å². The highest BCUT2D eigenvalue weighted by molar-refractivity contribution is 8.00. The average Bonchev–Trinajstić information content (AvgIpc) is 2.25. The number of hydrogen-bond donors (Lipinski definition) is 2. The van der Waals surface area contributed by atoms with E-state index < -0.39 is 17.2 Å². The number of carbonyl (C=O) groups is 2. The van der Waals surface area contributed by atoms with Crippen molar-refractivity contribution in [1.29, 1.82) is 0 Å². The lowest BCUT2D eigenvalue weighted by Crippen LogP contribution is -2.14. The van der Waals surface area contributed by atoms with E-state index in [1.165, 1.54) is 12.3 Å². The zero-order valence-electron chi connectivity index (χ0n) is 8.58. The molecule has 16 heavy (non-hydrogen) atoms. The van der Waals surface area contributed by atoms with Gasteiger partial charge in [0.1, 0.15) is 10.9 Å². The van der Waals surface area contributed by atoms with Crippen LogP contribution in [0.2, 0.25) is 0 Å². The van der Waals surface area contributed by atoms with Crippen LogP contribution < -0.4 is 0 Å². The van der Waals surface area contributed by atoms with E-state index in [2.05, 4.69) is 4.98 Å². The Morgan fingerprint density at radius 1 is 1.50 bits per heavy atom. The summed E-state index contributed by atoms with van der Waals surface area (Å²) in [6.07, 6.45) is 1.84. The zero-order chi connectivity index (χ0) is 12.1. The van der Waals surface area contributed by atoms with Crippen LogP contribution in [-0.2, 0) is 4.79 Å². The van der Waals surface area contributed by atoms with Gasteiger partial charge >= 0.3 is 11.9 Å². The predicted molar refractivity (Wildman–Crippen MR) is 58.8 cm³/mol. The smallest absolute Gasteiger partial charge is 0.354 e. The van der Waals surface area contributed by atoms with Crippen LogP contribution in [0.15, 0.2) is 23.2 Å². The molecule has 86 valence electrons. The van der Waals surface area contributed by atoms with Crippen molar-refractivity contribution in [2.75, 3.05) is 0 Å². The quantitative estimate of drug-likeness (QED) is 0.763. The molecule has 0 radical (unpaired) electrons. The number of pyridine rings is 1. The van der Waals surface area contributed by atoms with Gasteiger partial charge in [0.05, 0.1) is 0 Å². The van der Waals surface area contributed by atoms with Crippen LogP contribution in [-0.4, -0.2) is 32.4 Å². The van der Waals surface area contributed by atoms with Crippen molar-refractivity contribution in [3.8, 4) is 0 Å². The Hall–Kier alpha value is -1.56. The number of carboxylic acids is 2. The van der Waals surface area contributed by atoms with Gasteiger partial charge in [0.25, 0.3) is 0 Å². The van der Waals surface area contributed by atoms with Crippen LogP contribution in [0.3, 0.4) is 0 Å². The summed E-state index contributed by atoms with van der Waals surface area (Å²) in [5, 5.41) is 17.0. The first-order chi connectivity index (χ1) is 7.54. The Morgan fingerprint density at radius 2 is 2.19 bits per heavy atom. The number of nitrogens with zero attached hydrogens (tertiary/aromatic N) is 1. The maximum atomic E-state index is 10.8. The molecule has 1 aromatic rings. The van der Waals surface area contributed by atoms with Gasteiger partial charge in [0, 0.05) is 11.1 Å². The summed E-state index contributed by atoms with van der Waals surface area (Å²) in [4.78, 5) is 25.7. The van der Waals surface area contributed by atoms with Crippen LogP contribution in [0.1, 0.15) is 23.8 Å². The number of carboxylic acid groups (broad SMARTS) is 2. The first-order valence-corrected chi connectivity index (χ1v) is 5.51. The van der Waals surface area contributed by atoms with E-state index in [4.69, 9.17) is 10.2 Å². The van der Waals surface area contributed by atoms with Crippen LogP contribution in [0.25, 0.3) is 0 Å². The standard InChI is InChI=1S/C10H11NO4S/c1-2-8(10(14)15)16-6-3-4-11-7(5-6)9(12)13/h3-5,8H,2H2,1H3,(H,12,13)(H,14,15). The second kappa shape index (κ2) is 5.50. The lowest BCUT2D eigenvalue weighted by molar-refractivity contribution is -0.136. The summed E-state index contributed by atoms with van der Waals surface area (Å²) in [5.41, 5.74) is -0.0785. The minimum absolute atomic E-state index is 0.0785. The van der Waals surface area contributed by atoms with E-state index in [0.717, 1.165) is 11.8 Å². The molecule has 0 aliphatic rings. The summed E-state index contributed by atoms with van der Waals surface area (Å²) < 4.78 is 0. The third kappa shape index (κ3) is 3.23. The number of aromatic carboxylic acids is 1. The molecule has 5 nitrogen and oxygen atoms in total. The van der Waals surface area contributed by atoms with Crippen molar-refractivity contribution in [2.24, 2.45) is 0 Å². The Balaban J connectivity index is 2.84. The molecular weight excluding hydrogens is 230 g/mol. The van der Waals surface area contributed by atoms with Gasteiger partial charge in [-0.1, -0.05) is 6.92 Å². The summed E-state index contributed by atoms with van der Waals surface area (Å²) in [6, 6.07) is 2.97. The Morgan fingerprint density at radius 3 is 2.69 bits per heavy atom. The lowest BCUT2D eigenvalue weighted by atomic mass is 10.3.